The van der Waals surface area contributed by atoms with Crippen LogP contribution >= 0.6 is 0 Å². The molecule has 0 saturated carbocycles. The fourth-order valence-corrected chi connectivity index (χ4v) is 4.72. The summed E-state index contributed by atoms with van der Waals surface area (Å²) in [5.41, 5.74) is 3.79. The Labute approximate surface area is 152 Å². The number of fused-ring (bicyclic) bond motifs is 2. The minimum absolute atomic E-state index is 0.0977. The van der Waals surface area contributed by atoms with Gasteiger partial charge in [0.1, 0.15) is 12.4 Å². The van der Waals surface area contributed by atoms with Gasteiger partial charge in [-0.2, -0.15) is 0 Å². The highest BCUT2D eigenvalue weighted by atomic mass is 32.2. The Hall–Kier alpha value is -2.67. The number of carbonyl (C=O) groups excluding carboxylic acids is 1. The third-order valence-electron chi connectivity index (χ3n) is 4.69. The van der Waals surface area contributed by atoms with Crippen LogP contribution in [0.3, 0.4) is 0 Å². The number of aliphatic imine (C=N–C) groups is 1. The average molecular weight is 369 g/mol. The number of hydrogen-bond donors (Lipinski definition) is 1. The quantitative estimate of drug-likeness (QED) is 0.880. The van der Waals surface area contributed by atoms with Crippen molar-refractivity contribution in [1.29, 1.82) is 0 Å². The Kier molecular flexibility index (Phi) is 4.03. The number of sulfonamides is 1. The van der Waals surface area contributed by atoms with E-state index in [-0.39, 0.29) is 23.2 Å². The smallest absolute Gasteiger partial charge is 0.263 e. The van der Waals surface area contributed by atoms with Gasteiger partial charge in [-0.05, 0) is 43.5 Å². The van der Waals surface area contributed by atoms with Crippen LogP contribution in [-0.2, 0) is 21.2 Å². The lowest BCUT2D eigenvalue weighted by atomic mass is 9.99. The normalized spacial score (nSPS) is 19.0. The van der Waals surface area contributed by atoms with E-state index in [1.807, 2.05) is 19.1 Å². The van der Waals surface area contributed by atoms with Gasteiger partial charge in [0.05, 0.1) is 4.90 Å². The first-order chi connectivity index (χ1) is 12.5. The molecule has 0 saturated heterocycles. The average Bonchev–Trinajstić information content (AvgIpc) is 2.90. The van der Waals surface area contributed by atoms with E-state index in [1.165, 1.54) is 17.2 Å². The summed E-state index contributed by atoms with van der Waals surface area (Å²) in [5.74, 6) is 0.0981. The molecule has 0 atom stereocenters. The van der Waals surface area contributed by atoms with Gasteiger partial charge >= 0.3 is 0 Å². The molecule has 0 spiro atoms. The second-order valence-corrected chi connectivity index (χ2v) is 8.20. The SMILES string of the molecule is Cc1ccc2c(c1)CCCN2C(=O)CN=C1NS(=O)(=O)c2ccccc21. The minimum Gasteiger partial charge on any atom is -0.311 e. The van der Waals surface area contributed by atoms with Crippen molar-refractivity contribution in [3.05, 3.63) is 59.2 Å². The zero-order valence-corrected chi connectivity index (χ0v) is 15.2. The molecule has 4 rings (SSSR count). The Morgan fingerprint density at radius 3 is 2.88 bits per heavy atom. The first-order valence-corrected chi connectivity index (χ1v) is 10.0. The number of benzene rings is 2. The summed E-state index contributed by atoms with van der Waals surface area (Å²) in [6.45, 7) is 2.60. The van der Waals surface area contributed by atoms with Gasteiger partial charge < -0.3 is 4.90 Å². The van der Waals surface area contributed by atoms with Gasteiger partial charge in [0.2, 0.25) is 5.91 Å². The number of rotatable bonds is 2. The van der Waals surface area contributed by atoms with Gasteiger partial charge in [0.15, 0.2) is 0 Å². The van der Waals surface area contributed by atoms with E-state index in [4.69, 9.17) is 0 Å². The van der Waals surface area contributed by atoms with Crippen molar-refractivity contribution in [3.63, 3.8) is 0 Å². The fraction of sp³-hybridized carbons (Fsp3) is 0.263. The maximum atomic E-state index is 12.7. The zero-order valence-electron chi connectivity index (χ0n) is 14.4. The topological polar surface area (TPSA) is 78.8 Å². The first-order valence-electron chi connectivity index (χ1n) is 8.52. The molecule has 0 radical (unpaired) electrons. The van der Waals surface area contributed by atoms with Crippen LogP contribution in [0.15, 0.2) is 52.4 Å². The van der Waals surface area contributed by atoms with Gasteiger partial charge in [0.25, 0.3) is 10.0 Å². The van der Waals surface area contributed by atoms with Crippen molar-refractivity contribution < 1.29 is 13.2 Å². The molecule has 0 aromatic heterocycles. The van der Waals surface area contributed by atoms with Gasteiger partial charge in [-0.25, -0.2) is 8.42 Å². The zero-order chi connectivity index (χ0) is 18.3. The summed E-state index contributed by atoms with van der Waals surface area (Å²) < 4.78 is 26.7. The van der Waals surface area contributed by atoms with E-state index in [9.17, 15) is 13.2 Å². The van der Waals surface area contributed by atoms with Crippen molar-refractivity contribution in [2.45, 2.75) is 24.7 Å². The summed E-state index contributed by atoms with van der Waals surface area (Å²) in [7, 11) is -3.59. The van der Waals surface area contributed by atoms with Crippen LogP contribution in [0.1, 0.15) is 23.1 Å². The second kappa shape index (κ2) is 6.25. The molecule has 2 aliphatic rings. The molecule has 6 nitrogen and oxygen atoms in total. The van der Waals surface area contributed by atoms with Gasteiger partial charge in [-0.1, -0.05) is 29.8 Å². The third kappa shape index (κ3) is 2.88. The molecule has 1 amide bonds. The van der Waals surface area contributed by atoms with Crippen LogP contribution in [-0.4, -0.2) is 33.3 Å². The molecular weight excluding hydrogens is 350 g/mol. The number of hydrogen-bond acceptors (Lipinski definition) is 4. The maximum absolute atomic E-state index is 12.7. The van der Waals surface area contributed by atoms with E-state index in [2.05, 4.69) is 15.8 Å². The molecule has 2 aromatic rings. The van der Waals surface area contributed by atoms with E-state index < -0.39 is 10.0 Å². The van der Waals surface area contributed by atoms with Gasteiger partial charge in [-0.15, -0.1) is 0 Å². The number of carbonyl (C=O) groups is 1. The molecular formula is C19H19N3O3S. The van der Waals surface area contributed by atoms with Crippen LogP contribution in [0.2, 0.25) is 0 Å². The number of amidine groups is 1. The van der Waals surface area contributed by atoms with E-state index in [1.54, 1.807) is 23.1 Å². The number of nitrogens with zero attached hydrogens (tertiary/aromatic N) is 2. The molecule has 134 valence electrons. The third-order valence-corrected chi connectivity index (χ3v) is 6.09. The largest absolute Gasteiger partial charge is 0.311 e. The van der Waals surface area contributed by atoms with Crippen molar-refractivity contribution in [3.8, 4) is 0 Å². The van der Waals surface area contributed by atoms with Crippen LogP contribution in [0.25, 0.3) is 0 Å². The molecule has 0 bridgehead atoms. The predicted molar refractivity (Wildman–Crippen MR) is 100 cm³/mol. The summed E-state index contributed by atoms with van der Waals surface area (Å²) in [6, 6.07) is 12.7. The lowest BCUT2D eigenvalue weighted by Crippen LogP contribution is -2.37. The molecule has 2 aromatic carbocycles. The molecule has 2 heterocycles. The Bertz CT molecular complexity index is 1030. The van der Waals surface area contributed by atoms with E-state index >= 15 is 0 Å². The van der Waals surface area contributed by atoms with Crippen LogP contribution in [0.4, 0.5) is 5.69 Å². The van der Waals surface area contributed by atoms with Crippen molar-refractivity contribution in [1.82, 2.24) is 4.72 Å². The van der Waals surface area contributed by atoms with Crippen molar-refractivity contribution >= 4 is 27.5 Å². The minimum atomic E-state index is -3.59. The predicted octanol–water partition coefficient (Wildman–Crippen LogP) is 2.01. The second-order valence-electron chi connectivity index (χ2n) is 6.55. The van der Waals surface area contributed by atoms with Crippen LogP contribution in [0, 0.1) is 6.92 Å². The summed E-state index contributed by atoms with van der Waals surface area (Å²) in [6.07, 6.45) is 1.87. The standard InChI is InChI=1S/C19H19N3O3S/c1-13-8-9-16-14(11-13)5-4-10-22(16)18(23)12-20-19-15-6-2-3-7-17(15)26(24,25)21-19/h2-3,6-9,11H,4-5,10,12H2,1H3,(H,20,21). The molecule has 0 aliphatic carbocycles. The monoisotopic (exact) mass is 369 g/mol. The lowest BCUT2D eigenvalue weighted by molar-refractivity contribution is -0.117. The van der Waals surface area contributed by atoms with Crippen LogP contribution < -0.4 is 9.62 Å². The molecule has 2 aliphatic heterocycles. The van der Waals surface area contributed by atoms with E-state index in [0.29, 0.717) is 12.1 Å². The van der Waals surface area contributed by atoms with Gasteiger partial charge in [0, 0.05) is 17.8 Å². The number of aryl methyl sites for hydroxylation is 2. The molecule has 1 N–H and O–H groups in total. The highest BCUT2D eigenvalue weighted by molar-refractivity contribution is 7.90. The lowest BCUT2D eigenvalue weighted by Gasteiger charge is -2.29. The Balaban J connectivity index is 1.59. The molecule has 7 heteroatoms. The summed E-state index contributed by atoms with van der Waals surface area (Å²) >= 11 is 0. The van der Waals surface area contributed by atoms with Crippen LogP contribution in [0.5, 0.6) is 0 Å². The number of amides is 1. The first kappa shape index (κ1) is 16.8. The highest BCUT2D eigenvalue weighted by Crippen LogP contribution is 2.28. The molecule has 26 heavy (non-hydrogen) atoms. The van der Waals surface area contributed by atoms with E-state index in [0.717, 1.165) is 18.5 Å². The molecule has 0 unspecified atom stereocenters. The van der Waals surface area contributed by atoms with Crippen molar-refractivity contribution in [2.24, 2.45) is 4.99 Å². The number of anilines is 1. The van der Waals surface area contributed by atoms with Crippen molar-refractivity contribution in [2.75, 3.05) is 18.0 Å². The molecule has 0 fully saturated rings. The Morgan fingerprint density at radius 1 is 1.23 bits per heavy atom. The Morgan fingerprint density at radius 2 is 2.04 bits per heavy atom. The van der Waals surface area contributed by atoms with Gasteiger partial charge in [-0.3, -0.25) is 14.5 Å². The maximum Gasteiger partial charge on any atom is 0.263 e. The summed E-state index contributed by atoms with van der Waals surface area (Å²) in [4.78, 5) is 18.9. The summed E-state index contributed by atoms with van der Waals surface area (Å²) in [5, 5.41) is 0. The number of nitrogens with one attached hydrogen (secondary N) is 1. The fourth-order valence-electron chi connectivity index (χ4n) is 3.47. The highest BCUT2D eigenvalue weighted by Gasteiger charge is 2.30.